The highest BCUT2D eigenvalue weighted by Gasteiger charge is 2.24. The van der Waals surface area contributed by atoms with E-state index >= 15 is 0 Å². The van der Waals surface area contributed by atoms with Crippen LogP contribution in [0.15, 0.2) is 54.9 Å². The lowest BCUT2D eigenvalue weighted by molar-refractivity contribution is -0.117. The predicted molar refractivity (Wildman–Crippen MR) is 115 cm³/mol. The fourth-order valence-corrected chi connectivity index (χ4v) is 3.88. The van der Waals surface area contributed by atoms with E-state index in [1.165, 1.54) is 5.69 Å². The molecule has 1 saturated heterocycles. The molecule has 1 aromatic carbocycles. The van der Waals surface area contributed by atoms with E-state index in [1.807, 2.05) is 35.0 Å². The highest BCUT2D eigenvalue weighted by molar-refractivity contribution is 5.92. The van der Waals surface area contributed by atoms with E-state index in [9.17, 15) is 4.79 Å². The molecule has 1 amide bonds. The van der Waals surface area contributed by atoms with Gasteiger partial charge in [-0.15, -0.1) is 0 Å². The predicted octanol–water partition coefficient (Wildman–Crippen LogP) is 2.64. The van der Waals surface area contributed by atoms with Crippen molar-refractivity contribution in [1.82, 2.24) is 19.7 Å². The number of piperazine rings is 1. The van der Waals surface area contributed by atoms with Gasteiger partial charge in [0, 0.05) is 32.4 Å². The summed E-state index contributed by atoms with van der Waals surface area (Å²) in [5.41, 5.74) is 5.19. The number of para-hydroxylation sites is 1. The highest BCUT2D eigenvalue weighted by atomic mass is 16.2. The summed E-state index contributed by atoms with van der Waals surface area (Å²) in [6.45, 7) is 8.02. The van der Waals surface area contributed by atoms with Gasteiger partial charge in [-0.1, -0.05) is 18.2 Å². The van der Waals surface area contributed by atoms with Crippen molar-refractivity contribution in [2.24, 2.45) is 0 Å². The first-order valence-electron chi connectivity index (χ1n) is 9.90. The van der Waals surface area contributed by atoms with Gasteiger partial charge in [0.05, 0.1) is 41.2 Å². The summed E-state index contributed by atoms with van der Waals surface area (Å²) in [7, 11) is 0. The van der Waals surface area contributed by atoms with Crippen molar-refractivity contribution in [2.75, 3.05) is 42.9 Å². The molecule has 4 rings (SSSR count). The third-order valence-corrected chi connectivity index (χ3v) is 5.25. The molecule has 0 bridgehead atoms. The Hall–Kier alpha value is -3.19. The second-order valence-corrected chi connectivity index (χ2v) is 7.32. The van der Waals surface area contributed by atoms with Gasteiger partial charge in [-0.2, -0.15) is 5.10 Å². The Morgan fingerprint density at radius 2 is 1.79 bits per heavy atom. The Kier molecular flexibility index (Phi) is 5.57. The van der Waals surface area contributed by atoms with Gasteiger partial charge in [0.25, 0.3) is 0 Å². The van der Waals surface area contributed by atoms with Gasteiger partial charge in [0.1, 0.15) is 0 Å². The van der Waals surface area contributed by atoms with E-state index in [1.54, 1.807) is 12.4 Å². The molecule has 1 aliphatic heterocycles. The Morgan fingerprint density at radius 1 is 1.03 bits per heavy atom. The minimum Gasteiger partial charge on any atom is -0.366 e. The molecular formula is C22H26N6O. The van der Waals surface area contributed by atoms with Crippen LogP contribution in [0, 0.1) is 13.8 Å². The number of carbonyl (C=O) groups excluding carboxylic acids is 1. The molecule has 2 aromatic heterocycles. The number of nitrogens with one attached hydrogen (secondary N) is 1. The third kappa shape index (κ3) is 4.30. The maximum atomic E-state index is 12.3. The molecule has 0 atom stereocenters. The molecule has 29 heavy (non-hydrogen) atoms. The lowest BCUT2D eigenvalue weighted by atomic mass is 10.2. The molecule has 7 nitrogen and oxygen atoms in total. The minimum absolute atomic E-state index is 0.00397. The van der Waals surface area contributed by atoms with E-state index < -0.39 is 0 Å². The first-order valence-corrected chi connectivity index (χ1v) is 9.90. The van der Waals surface area contributed by atoms with E-state index in [0.29, 0.717) is 6.54 Å². The molecule has 0 spiro atoms. The van der Waals surface area contributed by atoms with Crippen molar-refractivity contribution in [3.05, 3.63) is 66.2 Å². The fourth-order valence-electron chi connectivity index (χ4n) is 3.88. The molecule has 1 fully saturated rings. The molecular weight excluding hydrogens is 364 g/mol. The highest BCUT2D eigenvalue weighted by Crippen LogP contribution is 2.27. The molecule has 1 N–H and O–H groups in total. The van der Waals surface area contributed by atoms with Crippen LogP contribution < -0.4 is 10.2 Å². The van der Waals surface area contributed by atoms with Crippen molar-refractivity contribution < 1.29 is 4.79 Å². The second-order valence-electron chi connectivity index (χ2n) is 7.32. The van der Waals surface area contributed by atoms with Crippen LogP contribution >= 0.6 is 0 Å². The number of aryl methyl sites for hydroxylation is 1. The number of pyridine rings is 1. The molecule has 3 heterocycles. The van der Waals surface area contributed by atoms with Crippen LogP contribution in [0.4, 0.5) is 11.4 Å². The number of anilines is 2. The van der Waals surface area contributed by atoms with Crippen molar-refractivity contribution in [3.63, 3.8) is 0 Å². The normalized spacial score (nSPS) is 14.8. The summed E-state index contributed by atoms with van der Waals surface area (Å²) in [5, 5.41) is 7.66. The molecule has 0 saturated carbocycles. The molecule has 0 unspecified atom stereocenters. The zero-order valence-corrected chi connectivity index (χ0v) is 16.9. The molecule has 0 radical (unpaired) electrons. The summed E-state index contributed by atoms with van der Waals surface area (Å²) < 4.78 is 2.01. The first-order chi connectivity index (χ1) is 14.1. The van der Waals surface area contributed by atoms with E-state index in [4.69, 9.17) is 5.10 Å². The third-order valence-electron chi connectivity index (χ3n) is 5.25. The fraction of sp³-hybridized carbons (Fsp3) is 0.318. The maximum Gasteiger partial charge on any atom is 0.238 e. The Morgan fingerprint density at radius 3 is 2.48 bits per heavy atom. The van der Waals surface area contributed by atoms with Crippen LogP contribution in [0.2, 0.25) is 0 Å². The first kappa shape index (κ1) is 19.1. The summed E-state index contributed by atoms with van der Waals surface area (Å²) in [5.74, 6) is -0.00397. The van der Waals surface area contributed by atoms with Crippen LogP contribution in [0.25, 0.3) is 5.69 Å². The van der Waals surface area contributed by atoms with Gasteiger partial charge >= 0.3 is 0 Å². The van der Waals surface area contributed by atoms with Crippen molar-refractivity contribution >= 4 is 17.3 Å². The lowest BCUT2D eigenvalue weighted by Crippen LogP contribution is -2.49. The van der Waals surface area contributed by atoms with Crippen LogP contribution in [-0.4, -0.2) is 58.3 Å². The SMILES string of the molecule is Cc1nn(-c2ccccc2)c(C)c1N1CCN(CC(=O)Nc2cccnc2)CC1. The van der Waals surface area contributed by atoms with Crippen LogP contribution in [0.3, 0.4) is 0 Å². The summed E-state index contributed by atoms with van der Waals surface area (Å²) in [4.78, 5) is 20.9. The van der Waals surface area contributed by atoms with Gasteiger partial charge in [-0.25, -0.2) is 4.68 Å². The minimum atomic E-state index is -0.00397. The van der Waals surface area contributed by atoms with Gasteiger partial charge in [-0.3, -0.25) is 14.7 Å². The van der Waals surface area contributed by atoms with Crippen molar-refractivity contribution in [1.29, 1.82) is 0 Å². The maximum absolute atomic E-state index is 12.3. The quantitative estimate of drug-likeness (QED) is 0.726. The topological polar surface area (TPSA) is 66.3 Å². The van der Waals surface area contributed by atoms with Crippen LogP contribution in [-0.2, 0) is 4.79 Å². The van der Waals surface area contributed by atoms with Crippen molar-refractivity contribution in [3.8, 4) is 5.69 Å². The average molecular weight is 390 g/mol. The zero-order valence-electron chi connectivity index (χ0n) is 16.9. The number of nitrogens with zero attached hydrogens (tertiary/aromatic N) is 5. The summed E-state index contributed by atoms with van der Waals surface area (Å²) >= 11 is 0. The lowest BCUT2D eigenvalue weighted by Gasteiger charge is -2.35. The molecule has 7 heteroatoms. The van der Waals surface area contributed by atoms with Crippen molar-refractivity contribution in [2.45, 2.75) is 13.8 Å². The monoisotopic (exact) mass is 390 g/mol. The standard InChI is InChI=1S/C22H26N6O/c1-17-22(18(2)28(25-17)20-8-4-3-5-9-20)27-13-11-26(12-14-27)16-21(29)24-19-7-6-10-23-15-19/h3-10,15H,11-14,16H2,1-2H3,(H,24,29). The Balaban J connectivity index is 1.37. The molecule has 3 aromatic rings. The zero-order chi connectivity index (χ0) is 20.2. The molecule has 1 aliphatic rings. The molecule has 0 aliphatic carbocycles. The number of rotatable bonds is 5. The van der Waals surface area contributed by atoms with Gasteiger partial charge < -0.3 is 10.2 Å². The average Bonchev–Trinajstić information content (AvgIpc) is 3.04. The number of amides is 1. The summed E-state index contributed by atoms with van der Waals surface area (Å²) in [6.07, 6.45) is 3.35. The van der Waals surface area contributed by atoms with E-state index in [2.05, 4.69) is 46.1 Å². The van der Waals surface area contributed by atoms with Gasteiger partial charge in [-0.05, 0) is 38.1 Å². The second kappa shape index (κ2) is 8.45. The number of benzene rings is 1. The molecule has 150 valence electrons. The largest absolute Gasteiger partial charge is 0.366 e. The number of hydrogen-bond acceptors (Lipinski definition) is 5. The number of carbonyl (C=O) groups is 1. The van der Waals surface area contributed by atoms with Gasteiger partial charge in [0.15, 0.2) is 0 Å². The summed E-state index contributed by atoms with van der Waals surface area (Å²) in [6, 6.07) is 13.9. The Labute approximate surface area is 171 Å². The van der Waals surface area contributed by atoms with E-state index in [0.717, 1.165) is 48.9 Å². The van der Waals surface area contributed by atoms with Crippen LogP contribution in [0.1, 0.15) is 11.4 Å². The van der Waals surface area contributed by atoms with Gasteiger partial charge in [0.2, 0.25) is 5.91 Å². The smallest absolute Gasteiger partial charge is 0.238 e. The number of aromatic nitrogens is 3. The number of hydrogen-bond donors (Lipinski definition) is 1. The van der Waals surface area contributed by atoms with E-state index in [-0.39, 0.29) is 5.91 Å². The van der Waals surface area contributed by atoms with Crippen LogP contribution in [0.5, 0.6) is 0 Å². The Bertz CT molecular complexity index is 962.